The number of halogens is 1. The number of nitrogens with zero attached hydrogens (tertiary/aromatic N) is 1. The molecule has 0 amide bonds. The molecule has 0 aliphatic heterocycles. The molecule has 0 radical (unpaired) electrons. The van der Waals surface area contributed by atoms with E-state index in [-0.39, 0.29) is 34.6 Å². The Bertz CT molecular complexity index is 485. The monoisotopic (exact) mass is 235 g/mol. The van der Waals surface area contributed by atoms with E-state index in [0.29, 0.717) is 10.5 Å². The molecule has 0 N–H and O–H groups in total. The molecule has 66 valence electrons. The SMILES string of the molecule is O=C([O-])c1nc2ccc(Cl)cc2s1.[Na+]. The predicted octanol–water partition coefficient (Wildman–Crippen LogP) is -1.68. The van der Waals surface area contributed by atoms with E-state index in [1.807, 2.05) is 0 Å². The van der Waals surface area contributed by atoms with Crippen molar-refractivity contribution in [2.24, 2.45) is 0 Å². The summed E-state index contributed by atoms with van der Waals surface area (Å²) >= 11 is 6.79. The van der Waals surface area contributed by atoms with E-state index in [9.17, 15) is 9.90 Å². The van der Waals surface area contributed by atoms with Crippen molar-refractivity contribution in [2.45, 2.75) is 0 Å². The number of benzene rings is 1. The fourth-order valence-corrected chi connectivity index (χ4v) is 2.06. The van der Waals surface area contributed by atoms with E-state index in [1.54, 1.807) is 18.2 Å². The summed E-state index contributed by atoms with van der Waals surface area (Å²) < 4.78 is 0.756. The molecule has 0 bridgehead atoms. The van der Waals surface area contributed by atoms with Gasteiger partial charge in [0.2, 0.25) is 0 Å². The van der Waals surface area contributed by atoms with Crippen molar-refractivity contribution in [3.63, 3.8) is 0 Å². The third-order valence-corrected chi connectivity index (χ3v) is 2.76. The molecule has 1 heterocycles. The molecule has 0 saturated carbocycles. The van der Waals surface area contributed by atoms with Crippen LogP contribution in [0.1, 0.15) is 9.80 Å². The maximum Gasteiger partial charge on any atom is 1.00 e. The van der Waals surface area contributed by atoms with Gasteiger partial charge in [-0.2, -0.15) is 0 Å². The Morgan fingerprint density at radius 2 is 2.21 bits per heavy atom. The minimum absolute atomic E-state index is 0. The smallest absolute Gasteiger partial charge is 0.542 e. The van der Waals surface area contributed by atoms with Gasteiger partial charge in [0.15, 0.2) is 0 Å². The van der Waals surface area contributed by atoms with Crippen LogP contribution in [-0.4, -0.2) is 11.0 Å². The molecule has 3 nitrogen and oxygen atoms in total. The first kappa shape index (κ1) is 11.9. The molecule has 0 aliphatic rings. The van der Waals surface area contributed by atoms with Crippen LogP contribution in [-0.2, 0) is 0 Å². The molecule has 2 aromatic rings. The molecule has 0 atom stereocenters. The Kier molecular flexibility index (Phi) is 3.92. The van der Waals surface area contributed by atoms with Gasteiger partial charge in [0.05, 0.1) is 10.2 Å². The zero-order chi connectivity index (χ0) is 9.42. The third-order valence-electron chi connectivity index (χ3n) is 1.53. The quantitative estimate of drug-likeness (QED) is 0.555. The normalized spacial score (nSPS) is 9.79. The van der Waals surface area contributed by atoms with E-state index in [2.05, 4.69) is 4.98 Å². The molecule has 1 aromatic carbocycles. The summed E-state index contributed by atoms with van der Waals surface area (Å²) in [6, 6.07) is 5.03. The molecule has 2 rings (SSSR count). The van der Waals surface area contributed by atoms with Crippen LogP contribution in [0.25, 0.3) is 10.2 Å². The summed E-state index contributed by atoms with van der Waals surface area (Å²) in [6.07, 6.45) is 0. The Morgan fingerprint density at radius 3 is 2.86 bits per heavy atom. The average molecular weight is 236 g/mol. The average Bonchev–Trinajstić information content (AvgIpc) is 2.46. The maximum atomic E-state index is 10.5. The summed E-state index contributed by atoms with van der Waals surface area (Å²) in [5.41, 5.74) is 0.633. The van der Waals surface area contributed by atoms with E-state index >= 15 is 0 Å². The number of hydrogen-bond acceptors (Lipinski definition) is 4. The molecule has 0 spiro atoms. The zero-order valence-electron chi connectivity index (χ0n) is 7.28. The number of carbonyl (C=O) groups excluding carboxylic acids is 1. The largest absolute Gasteiger partial charge is 1.00 e. The fourth-order valence-electron chi connectivity index (χ4n) is 0.986. The molecular weight excluding hydrogens is 233 g/mol. The van der Waals surface area contributed by atoms with Gasteiger partial charge in [0.25, 0.3) is 0 Å². The summed E-state index contributed by atoms with van der Waals surface area (Å²) in [5.74, 6) is -1.25. The molecule has 14 heavy (non-hydrogen) atoms. The standard InChI is InChI=1S/C8H4ClNO2S.Na/c9-4-1-2-5-6(3-4)13-7(10-5)8(11)12;/h1-3H,(H,11,12);/q;+1/p-1. The molecule has 0 saturated heterocycles. The first-order valence-corrected chi connectivity index (χ1v) is 4.64. The minimum atomic E-state index is -1.25. The van der Waals surface area contributed by atoms with Gasteiger partial charge in [0, 0.05) is 5.02 Å². The number of aromatic nitrogens is 1. The second-order valence-corrected chi connectivity index (χ2v) is 3.89. The Hall–Kier alpha value is -0.130. The topological polar surface area (TPSA) is 53.0 Å². The van der Waals surface area contributed by atoms with Crippen LogP contribution >= 0.6 is 22.9 Å². The minimum Gasteiger partial charge on any atom is -0.542 e. The number of rotatable bonds is 1. The van der Waals surface area contributed by atoms with E-state index in [1.165, 1.54) is 0 Å². The van der Waals surface area contributed by atoms with Crippen molar-refractivity contribution in [3.8, 4) is 0 Å². The van der Waals surface area contributed by atoms with E-state index in [0.717, 1.165) is 16.0 Å². The van der Waals surface area contributed by atoms with Gasteiger partial charge in [-0.15, -0.1) is 11.3 Å². The van der Waals surface area contributed by atoms with Crippen LogP contribution in [0.3, 0.4) is 0 Å². The van der Waals surface area contributed by atoms with Crippen molar-refractivity contribution >= 4 is 39.1 Å². The van der Waals surface area contributed by atoms with Crippen molar-refractivity contribution < 1.29 is 39.5 Å². The Labute approximate surface area is 111 Å². The van der Waals surface area contributed by atoms with Crippen LogP contribution in [0.2, 0.25) is 5.02 Å². The van der Waals surface area contributed by atoms with Gasteiger partial charge in [-0.05, 0) is 18.2 Å². The van der Waals surface area contributed by atoms with Gasteiger partial charge in [-0.3, -0.25) is 0 Å². The van der Waals surface area contributed by atoms with E-state index in [4.69, 9.17) is 11.6 Å². The summed E-state index contributed by atoms with van der Waals surface area (Å²) in [6.45, 7) is 0. The third kappa shape index (κ3) is 2.27. The number of aromatic carboxylic acids is 1. The van der Waals surface area contributed by atoms with Crippen molar-refractivity contribution in [2.75, 3.05) is 0 Å². The van der Waals surface area contributed by atoms with Crippen molar-refractivity contribution in [1.29, 1.82) is 0 Å². The van der Waals surface area contributed by atoms with Crippen LogP contribution in [0.15, 0.2) is 18.2 Å². The number of carboxylic acids is 1. The van der Waals surface area contributed by atoms with Crippen LogP contribution in [0, 0.1) is 0 Å². The Balaban J connectivity index is 0.000000980. The summed E-state index contributed by atoms with van der Waals surface area (Å²) in [5, 5.41) is 11.0. The second kappa shape index (κ2) is 4.59. The fraction of sp³-hybridized carbons (Fsp3) is 0. The predicted molar refractivity (Wildman–Crippen MR) is 49.0 cm³/mol. The van der Waals surface area contributed by atoms with Crippen molar-refractivity contribution in [1.82, 2.24) is 4.98 Å². The van der Waals surface area contributed by atoms with Crippen LogP contribution in [0.5, 0.6) is 0 Å². The van der Waals surface area contributed by atoms with Gasteiger partial charge in [-0.1, -0.05) is 11.6 Å². The van der Waals surface area contributed by atoms with Crippen LogP contribution in [0.4, 0.5) is 0 Å². The first-order chi connectivity index (χ1) is 6.16. The molecular formula is C8H3ClNNaO2S. The van der Waals surface area contributed by atoms with Crippen molar-refractivity contribution in [3.05, 3.63) is 28.2 Å². The van der Waals surface area contributed by atoms with Gasteiger partial charge >= 0.3 is 29.6 Å². The molecule has 1 aromatic heterocycles. The Morgan fingerprint density at radius 1 is 1.50 bits per heavy atom. The summed E-state index contributed by atoms with van der Waals surface area (Å²) in [4.78, 5) is 14.3. The first-order valence-electron chi connectivity index (χ1n) is 3.44. The van der Waals surface area contributed by atoms with Gasteiger partial charge in [0.1, 0.15) is 11.0 Å². The molecule has 6 heteroatoms. The number of hydrogen-bond donors (Lipinski definition) is 0. The molecule has 0 aliphatic carbocycles. The molecule has 0 unspecified atom stereocenters. The van der Waals surface area contributed by atoms with E-state index < -0.39 is 5.97 Å². The number of fused-ring (bicyclic) bond motifs is 1. The number of carbonyl (C=O) groups is 1. The van der Waals surface area contributed by atoms with Gasteiger partial charge < -0.3 is 9.90 Å². The molecule has 0 fully saturated rings. The van der Waals surface area contributed by atoms with Gasteiger partial charge in [-0.25, -0.2) is 4.98 Å². The second-order valence-electron chi connectivity index (χ2n) is 2.42. The summed E-state index contributed by atoms with van der Waals surface area (Å²) in [7, 11) is 0. The van der Waals surface area contributed by atoms with Crippen LogP contribution < -0.4 is 34.7 Å². The zero-order valence-corrected chi connectivity index (χ0v) is 10.9. The number of thiazole rings is 1. The maximum absolute atomic E-state index is 10.5. The number of carboxylic acid groups (broad SMARTS) is 1.